The predicted molar refractivity (Wildman–Crippen MR) is 134 cm³/mol. The van der Waals surface area contributed by atoms with Crippen molar-refractivity contribution in [2.45, 2.75) is 31.3 Å². The summed E-state index contributed by atoms with van der Waals surface area (Å²) in [5, 5.41) is 6.41. The minimum absolute atomic E-state index is 0.0259. The summed E-state index contributed by atoms with van der Waals surface area (Å²) in [5.41, 5.74) is 2.60. The van der Waals surface area contributed by atoms with Gasteiger partial charge in [-0.15, -0.1) is 0 Å². The second-order valence-corrected chi connectivity index (χ2v) is 9.53. The van der Waals surface area contributed by atoms with E-state index in [-0.39, 0.29) is 16.6 Å². The van der Waals surface area contributed by atoms with Crippen LogP contribution in [0.2, 0.25) is 0 Å². The molecule has 4 rings (SSSR count). The molecule has 0 saturated heterocycles. The molecule has 0 spiro atoms. The van der Waals surface area contributed by atoms with E-state index in [2.05, 4.69) is 15.2 Å². The van der Waals surface area contributed by atoms with Gasteiger partial charge in [0, 0.05) is 11.8 Å². The Morgan fingerprint density at radius 2 is 1.63 bits per heavy atom. The maximum Gasteiger partial charge on any atom is 0.265 e. The minimum atomic E-state index is -3.84. The first-order valence-electron chi connectivity index (χ1n) is 11.0. The molecule has 9 heteroatoms. The third-order valence-corrected chi connectivity index (χ3v) is 6.57. The van der Waals surface area contributed by atoms with Crippen LogP contribution in [0.5, 0.6) is 5.75 Å². The number of amides is 1. The fourth-order valence-corrected chi connectivity index (χ4v) is 4.38. The number of aryl methyl sites for hydroxylation is 1. The van der Waals surface area contributed by atoms with E-state index in [1.807, 2.05) is 61.5 Å². The first-order valence-corrected chi connectivity index (χ1v) is 12.5. The fourth-order valence-electron chi connectivity index (χ4n) is 3.39. The van der Waals surface area contributed by atoms with Gasteiger partial charge in [0.2, 0.25) is 0 Å². The first kappa shape index (κ1) is 24.0. The van der Waals surface area contributed by atoms with Crippen LogP contribution >= 0.6 is 0 Å². The Kier molecular flexibility index (Phi) is 7.17. The number of sulfonamides is 1. The number of rotatable bonds is 9. The number of carbonyl (C=O) groups is 1. The zero-order chi connectivity index (χ0) is 24.8. The van der Waals surface area contributed by atoms with E-state index in [1.54, 1.807) is 6.92 Å². The van der Waals surface area contributed by atoms with Gasteiger partial charge in [-0.1, -0.05) is 54.5 Å². The lowest BCUT2D eigenvalue weighted by Gasteiger charge is -2.18. The van der Waals surface area contributed by atoms with E-state index < -0.39 is 16.1 Å². The van der Waals surface area contributed by atoms with Crippen molar-refractivity contribution in [1.29, 1.82) is 0 Å². The summed E-state index contributed by atoms with van der Waals surface area (Å²) in [4.78, 5) is 12.8. The number of hydrogen-bond acceptors (Lipinski definition) is 6. The van der Waals surface area contributed by atoms with Gasteiger partial charge in [-0.05, 0) is 60.9 Å². The van der Waals surface area contributed by atoms with Gasteiger partial charge in [-0.25, -0.2) is 8.42 Å². The molecular formula is C26H25N3O5S. The van der Waals surface area contributed by atoms with E-state index in [4.69, 9.17) is 9.26 Å². The van der Waals surface area contributed by atoms with E-state index in [0.717, 1.165) is 11.1 Å². The lowest BCUT2D eigenvalue weighted by molar-refractivity contribution is -0.122. The van der Waals surface area contributed by atoms with E-state index in [9.17, 15) is 13.2 Å². The Morgan fingerprint density at radius 3 is 2.23 bits per heavy atom. The summed E-state index contributed by atoms with van der Waals surface area (Å²) in [6, 6.07) is 24.9. The maximum absolute atomic E-state index is 12.8. The normalized spacial score (nSPS) is 12.1. The number of nitrogens with zero attached hydrogens (tertiary/aromatic N) is 1. The Morgan fingerprint density at radius 1 is 0.971 bits per heavy atom. The highest BCUT2D eigenvalue weighted by atomic mass is 32.2. The van der Waals surface area contributed by atoms with E-state index >= 15 is 0 Å². The molecule has 180 valence electrons. The van der Waals surface area contributed by atoms with Crippen molar-refractivity contribution in [2.24, 2.45) is 0 Å². The maximum atomic E-state index is 12.8. The largest absolute Gasteiger partial charge is 0.481 e. The van der Waals surface area contributed by atoms with Crippen LogP contribution in [0.4, 0.5) is 11.5 Å². The number of carbonyl (C=O) groups excluding carboxylic acids is 1. The Labute approximate surface area is 204 Å². The number of benzene rings is 3. The summed E-state index contributed by atoms with van der Waals surface area (Å²) < 4.78 is 38.2. The van der Waals surface area contributed by atoms with Crippen LogP contribution < -0.4 is 14.8 Å². The molecule has 4 aromatic rings. The molecule has 0 fully saturated rings. The lowest BCUT2D eigenvalue weighted by Crippen LogP contribution is -2.32. The molecule has 35 heavy (non-hydrogen) atoms. The topological polar surface area (TPSA) is 111 Å². The van der Waals surface area contributed by atoms with Crippen molar-refractivity contribution in [3.05, 3.63) is 90.7 Å². The van der Waals surface area contributed by atoms with Gasteiger partial charge < -0.3 is 14.6 Å². The number of ether oxygens (including phenoxy) is 1. The molecule has 0 radical (unpaired) electrons. The molecule has 1 unspecified atom stereocenters. The summed E-state index contributed by atoms with van der Waals surface area (Å²) >= 11 is 0. The van der Waals surface area contributed by atoms with Gasteiger partial charge >= 0.3 is 0 Å². The van der Waals surface area contributed by atoms with Crippen LogP contribution in [0.3, 0.4) is 0 Å². The van der Waals surface area contributed by atoms with Crippen LogP contribution in [0, 0.1) is 6.92 Å². The second kappa shape index (κ2) is 10.4. The van der Waals surface area contributed by atoms with Gasteiger partial charge in [-0.2, -0.15) is 0 Å². The van der Waals surface area contributed by atoms with Crippen molar-refractivity contribution in [3.63, 3.8) is 0 Å². The standard InChI is InChI=1S/C26H25N3O5S/c1-3-24(33-22-13-9-20(10-14-22)19-7-5-4-6-8-19)26(30)27-21-11-15-23(16-12-21)35(31,32)29-25-17-18(2)34-28-25/h4-17,24H,3H2,1-2H3,(H,27,30)(H,28,29). The van der Waals surface area contributed by atoms with Crippen molar-refractivity contribution in [1.82, 2.24) is 5.16 Å². The van der Waals surface area contributed by atoms with Gasteiger partial charge in [-0.3, -0.25) is 9.52 Å². The molecule has 3 aromatic carbocycles. The Hall–Kier alpha value is -4.11. The third kappa shape index (κ3) is 6.07. The zero-order valence-electron chi connectivity index (χ0n) is 19.3. The van der Waals surface area contributed by atoms with Crippen LogP contribution in [0.1, 0.15) is 19.1 Å². The highest BCUT2D eigenvalue weighted by Gasteiger charge is 2.20. The average Bonchev–Trinajstić information content (AvgIpc) is 3.27. The van der Waals surface area contributed by atoms with Gasteiger partial charge in [0.15, 0.2) is 11.9 Å². The number of aromatic nitrogens is 1. The highest BCUT2D eigenvalue weighted by molar-refractivity contribution is 7.92. The predicted octanol–water partition coefficient (Wildman–Crippen LogP) is 5.25. The highest BCUT2D eigenvalue weighted by Crippen LogP contribution is 2.24. The molecule has 0 aliphatic rings. The quantitative estimate of drug-likeness (QED) is 0.331. The van der Waals surface area contributed by atoms with Crippen LogP contribution in [-0.2, 0) is 14.8 Å². The molecular weight excluding hydrogens is 466 g/mol. The van der Waals surface area contributed by atoms with Crippen molar-refractivity contribution < 1.29 is 22.5 Å². The Bertz CT molecular complexity index is 1380. The van der Waals surface area contributed by atoms with Crippen LogP contribution in [0.25, 0.3) is 11.1 Å². The van der Waals surface area contributed by atoms with E-state index in [0.29, 0.717) is 23.6 Å². The molecule has 0 bridgehead atoms. The van der Waals surface area contributed by atoms with Crippen molar-refractivity contribution in [2.75, 3.05) is 10.0 Å². The van der Waals surface area contributed by atoms with Gasteiger partial charge in [0.1, 0.15) is 11.5 Å². The third-order valence-electron chi connectivity index (χ3n) is 5.20. The van der Waals surface area contributed by atoms with Crippen molar-refractivity contribution >= 4 is 27.4 Å². The summed E-state index contributed by atoms with van der Waals surface area (Å²) in [6.07, 6.45) is -0.252. The molecule has 1 heterocycles. The molecule has 1 amide bonds. The van der Waals surface area contributed by atoms with Crippen LogP contribution in [0.15, 0.2) is 94.3 Å². The molecule has 1 aromatic heterocycles. The summed E-state index contributed by atoms with van der Waals surface area (Å²) in [7, 11) is -3.84. The summed E-state index contributed by atoms with van der Waals surface area (Å²) in [5.74, 6) is 0.842. The molecule has 1 atom stereocenters. The van der Waals surface area contributed by atoms with Crippen molar-refractivity contribution in [3.8, 4) is 16.9 Å². The zero-order valence-corrected chi connectivity index (χ0v) is 20.1. The fraction of sp³-hybridized carbons (Fsp3) is 0.154. The van der Waals surface area contributed by atoms with Crippen LogP contribution in [-0.4, -0.2) is 25.6 Å². The van der Waals surface area contributed by atoms with Gasteiger partial charge in [0.05, 0.1) is 4.90 Å². The second-order valence-electron chi connectivity index (χ2n) is 7.85. The SMILES string of the molecule is CCC(Oc1ccc(-c2ccccc2)cc1)C(=O)Nc1ccc(S(=O)(=O)Nc2cc(C)on2)cc1. The van der Waals surface area contributed by atoms with E-state index in [1.165, 1.54) is 30.3 Å². The number of hydrogen-bond donors (Lipinski definition) is 2. The molecule has 0 aliphatic heterocycles. The average molecular weight is 492 g/mol. The molecule has 8 nitrogen and oxygen atoms in total. The monoisotopic (exact) mass is 491 g/mol. The minimum Gasteiger partial charge on any atom is -0.481 e. The first-order chi connectivity index (χ1) is 16.8. The molecule has 0 saturated carbocycles. The smallest absolute Gasteiger partial charge is 0.265 e. The molecule has 0 aliphatic carbocycles. The number of nitrogens with one attached hydrogen (secondary N) is 2. The lowest BCUT2D eigenvalue weighted by atomic mass is 10.1. The summed E-state index contributed by atoms with van der Waals surface area (Å²) in [6.45, 7) is 3.52. The Balaban J connectivity index is 1.38. The molecule has 2 N–H and O–H groups in total. The van der Waals surface area contributed by atoms with Gasteiger partial charge in [0.25, 0.3) is 15.9 Å². The number of anilines is 2.